The van der Waals surface area contributed by atoms with E-state index in [1.54, 1.807) is 21.0 Å². The Morgan fingerprint density at radius 1 is 1.18 bits per heavy atom. The van der Waals surface area contributed by atoms with Crippen molar-refractivity contribution >= 4 is 17.4 Å². The van der Waals surface area contributed by atoms with E-state index in [-0.39, 0.29) is 53.6 Å². The monoisotopic (exact) mass is 534 g/mol. The van der Waals surface area contributed by atoms with Gasteiger partial charge in [-0.15, -0.1) is 0 Å². The van der Waals surface area contributed by atoms with Gasteiger partial charge in [0.05, 0.1) is 35.7 Å². The smallest absolute Gasteiger partial charge is 0.337 e. The molecular weight excluding hydrogens is 504 g/mol. The van der Waals surface area contributed by atoms with E-state index in [1.165, 1.54) is 12.1 Å². The fraction of sp³-hybridized carbons (Fsp3) is 0.379. The molecule has 10 heteroatoms. The third-order valence-electron chi connectivity index (χ3n) is 7.55. The van der Waals surface area contributed by atoms with Crippen LogP contribution in [0.25, 0.3) is 0 Å². The minimum Gasteiger partial charge on any atom is -0.497 e. The lowest BCUT2D eigenvalue weighted by molar-refractivity contribution is -0.385. The lowest BCUT2D eigenvalue weighted by Gasteiger charge is -2.36. The number of nitro groups is 1. The fourth-order valence-corrected chi connectivity index (χ4v) is 5.40. The molecule has 0 radical (unpaired) electrons. The van der Waals surface area contributed by atoms with Crippen LogP contribution >= 0.6 is 0 Å². The zero-order valence-corrected chi connectivity index (χ0v) is 22.2. The number of ketones is 1. The maximum atomic E-state index is 13.9. The van der Waals surface area contributed by atoms with Crippen LogP contribution in [0.5, 0.6) is 17.2 Å². The van der Waals surface area contributed by atoms with Gasteiger partial charge < -0.3 is 24.3 Å². The topological polar surface area (TPSA) is 126 Å². The molecule has 1 N–H and O–H groups in total. The average Bonchev–Trinajstić information content (AvgIpc) is 3.39. The molecule has 0 unspecified atom stereocenters. The molecule has 5 rings (SSSR count). The second-order valence-electron chi connectivity index (χ2n) is 9.94. The van der Waals surface area contributed by atoms with Gasteiger partial charge in [0.1, 0.15) is 5.75 Å². The molecular formula is C29H30N2O8. The number of dihydropyridines is 1. The highest BCUT2D eigenvalue weighted by atomic mass is 16.7. The van der Waals surface area contributed by atoms with E-state index < -0.39 is 16.8 Å². The first kappa shape index (κ1) is 26.3. The maximum Gasteiger partial charge on any atom is 0.337 e. The van der Waals surface area contributed by atoms with Crippen LogP contribution in [0.4, 0.5) is 5.69 Å². The van der Waals surface area contributed by atoms with Crippen molar-refractivity contribution in [2.45, 2.75) is 58.0 Å². The molecule has 2 aromatic rings. The van der Waals surface area contributed by atoms with Gasteiger partial charge in [-0.2, -0.15) is 0 Å². The Labute approximate surface area is 225 Å². The molecule has 0 fully saturated rings. The summed E-state index contributed by atoms with van der Waals surface area (Å²) < 4.78 is 21.8. The minimum atomic E-state index is -1.00. The molecule has 204 valence electrons. The Morgan fingerprint density at radius 3 is 2.51 bits per heavy atom. The van der Waals surface area contributed by atoms with Gasteiger partial charge in [0.2, 0.25) is 6.79 Å². The lowest BCUT2D eigenvalue weighted by atomic mass is 9.71. The summed E-state index contributed by atoms with van der Waals surface area (Å²) in [6.07, 6.45) is 0.903. The van der Waals surface area contributed by atoms with Gasteiger partial charge >= 0.3 is 5.97 Å². The highest BCUT2D eigenvalue weighted by molar-refractivity contribution is 6.04. The van der Waals surface area contributed by atoms with Gasteiger partial charge in [0.25, 0.3) is 5.69 Å². The van der Waals surface area contributed by atoms with Gasteiger partial charge in [0.15, 0.2) is 17.3 Å². The molecule has 0 spiro atoms. The average molecular weight is 535 g/mol. The fourth-order valence-electron chi connectivity index (χ4n) is 5.40. The van der Waals surface area contributed by atoms with Crippen molar-refractivity contribution in [2.75, 3.05) is 13.9 Å². The van der Waals surface area contributed by atoms with Gasteiger partial charge in [-0.25, -0.2) is 4.79 Å². The predicted molar refractivity (Wildman–Crippen MR) is 141 cm³/mol. The summed E-state index contributed by atoms with van der Waals surface area (Å²) in [6.45, 7) is 5.32. The van der Waals surface area contributed by atoms with E-state index in [4.69, 9.17) is 18.9 Å². The number of benzene rings is 2. The molecule has 0 amide bonds. The van der Waals surface area contributed by atoms with E-state index in [9.17, 15) is 19.7 Å². The second kappa shape index (κ2) is 10.4. The van der Waals surface area contributed by atoms with Crippen molar-refractivity contribution in [2.24, 2.45) is 0 Å². The molecule has 1 aliphatic carbocycles. The van der Waals surface area contributed by atoms with Crippen LogP contribution in [0.2, 0.25) is 0 Å². The number of nitrogens with one attached hydrogen (secondary N) is 1. The molecule has 39 heavy (non-hydrogen) atoms. The molecule has 2 aliphatic heterocycles. The molecule has 0 aromatic heterocycles. The Bertz CT molecular complexity index is 1410. The van der Waals surface area contributed by atoms with Crippen LogP contribution in [0, 0.1) is 10.1 Å². The predicted octanol–water partition coefficient (Wildman–Crippen LogP) is 5.04. The standard InChI is InChI=1S/C29H30N2O8/c1-5-15(2)39-29(33)26-16(3)30-21-10-18(17-6-8-19(36-4)9-7-17)11-23(32)28(21)27(26)20-12-24-25(38-14-37-24)13-22(20)31(34)35/h6-9,12-13,15,18,27,30H,5,10-11,14H2,1-4H3/t15-,18+,27-/m1/s1. The number of carbonyl (C=O) groups is 2. The van der Waals surface area contributed by atoms with Crippen LogP contribution in [0.3, 0.4) is 0 Å². The number of allylic oxidation sites excluding steroid dienone is 3. The largest absolute Gasteiger partial charge is 0.497 e. The van der Waals surface area contributed by atoms with E-state index in [1.807, 2.05) is 31.2 Å². The lowest BCUT2D eigenvalue weighted by Crippen LogP contribution is -2.36. The molecule has 10 nitrogen and oxygen atoms in total. The summed E-state index contributed by atoms with van der Waals surface area (Å²) in [7, 11) is 1.59. The number of Topliss-reactive ketones (excluding diaryl/α,β-unsaturated/α-hetero) is 1. The number of hydrogen-bond donors (Lipinski definition) is 1. The normalized spacial score (nSPS) is 20.8. The molecule has 2 heterocycles. The Hall–Kier alpha value is -4.34. The molecule has 0 saturated carbocycles. The Morgan fingerprint density at radius 2 is 1.87 bits per heavy atom. The molecule has 3 aliphatic rings. The molecule has 3 atom stereocenters. The number of nitro benzene ring substituents is 1. The van der Waals surface area contributed by atoms with Crippen LogP contribution in [0.1, 0.15) is 63.0 Å². The number of hydrogen-bond acceptors (Lipinski definition) is 9. The first-order valence-corrected chi connectivity index (χ1v) is 12.9. The van der Waals surface area contributed by atoms with Crippen molar-refractivity contribution in [3.05, 3.63) is 80.2 Å². The molecule has 0 saturated heterocycles. The van der Waals surface area contributed by atoms with Crippen molar-refractivity contribution in [1.82, 2.24) is 5.32 Å². The van der Waals surface area contributed by atoms with Gasteiger partial charge in [0, 0.05) is 29.0 Å². The van der Waals surface area contributed by atoms with Crippen molar-refractivity contribution in [3.8, 4) is 17.2 Å². The summed E-state index contributed by atoms with van der Waals surface area (Å²) in [5.41, 5.74) is 2.54. The van der Waals surface area contributed by atoms with E-state index in [2.05, 4.69) is 5.32 Å². The Balaban J connectivity index is 1.64. The number of fused-ring (bicyclic) bond motifs is 1. The summed E-state index contributed by atoms with van der Waals surface area (Å²) in [6, 6.07) is 10.4. The van der Waals surface area contributed by atoms with Crippen LogP contribution in [-0.2, 0) is 14.3 Å². The van der Waals surface area contributed by atoms with Crippen molar-refractivity contribution in [3.63, 3.8) is 0 Å². The SMILES string of the molecule is CC[C@@H](C)OC(=O)C1=C(C)NC2=C(C(=O)C[C@@H](c3ccc(OC)cc3)C2)[C@@H]1c1cc2c(cc1[N+](=O)[O-])OCO2. The number of carbonyl (C=O) groups excluding carboxylic acids is 2. The first-order chi connectivity index (χ1) is 18.7. The number of methoxy groups -OCH3 is 1. The van der Waals surface area contributed by atoms with E-state index in [0.29, 0.717) is 35.6 Å². The van der Waals surface area contributed by atoms with Crippen molar-refractivity contribution < 1.29 is 33.5 Å². The maximum absolute atomic E-state index is 13.9. The van der Waals surface area contributed by atoms with Crippen LogP contribution in [0.15, 0.2) is 58.9 Å². The summed E-state index contributed by atoms with van der Waals surface area (Å²) in [5.74, 6) is -0.642. The molecule has 2 aromatic carbocycles. The van der Waals surface area contributed by atoms with E-state index in [0.717, 1.165) is 11.3 Å². The quantitative estimate of drug-likeness (QED) is 0.295. The van der Waals surface area contributed by atoms with Crippen LogP contribution < -0.4 is 19.5 Å². The third kappa shape index (κ3) is 4.82. The minimum absolute atomic E-state index is 0.0731. The summed E-state index contributed by atoms with van der Waals surface area (Å²) in [4.78, 5) is 39.1. The highest BCUT2D eigenvalue weighted by Crippen LogP contribution is 2.50. The number of nitrogens with zero attached hydrogens (tertiary/aromatic N) is 1. The zero-order chi connectivity index (χ0) is 27.8. The van der Waals surface area contributed by atoms with Gasteiger partial charge in [-0.1, -0.05) is 19.1 Å². The molecule has 0 bridgehead atoms. The van der Waals surface area contributed by atoms with Crippen LogP contribution in [-0.4, -0.2) is 36.7 Å². The zero-order valence-electron chi connectivity index (χ0n) is 22.2. The third-order valence-corrected chi connectivity index (χ3v) is 7.55. The summed E-state index contributed by atoms with van der Waals surface area (Å²) >= 11 is 0. The highest BCUT2D eigenvalue weighted by Gasteiger charge is 2.44. The number of rotatable bonds is 7. The van der Waals surface area contributed by atoms with Gasteiger partial charge in [-0.05, 0) is 56.4 Å². The Kier molecular flexibility index (Phi) is 7.03. The van der Waals surface area contributed by atoms with Crippen molar-refractivity contribution in [1.29, 1.82) is 0 Å². The first-order valence-electron chi connectivity index (χ1n) is 12.9. The number of esters is 1. The van der Waals surface area contributed by atoms with Gasteiger partial charge in [-0.3, -0.25) is 14.9 Å². The summed E-state index contributed by atoms with van der Waals surface area (Å²) in [5, 5.41) is 15.5. The second-order valence-corrected chi connectivity index (χ2v) is 9.94. The number of ether oxygens (including phenoxy) is 4. The van der Waals surface area contributed by atoms with E-state index >= 15 is 0 Å².